The monoisotopic (exact) mass is 266 g/mol. The fourth-order valence-corrected chi connectivity index (χ4v) is 2.39. The molecule has 0 saturated heterocycles. The summed E-state index contributed by atoms with van der Waals surface area (Å²) in [6.45, 7) is 5.26. The highest BCUT2D eigenvalue weighted by molar-refractivity contribution is 5.75. The minimum absolute atomic E-state index is 0.363. The molecule has 2 aromatic carbocycles. The molecule has 0 aliphatic rings. The Morgan fingerprint density at radius 3 is 2.60 bits per heavy atom. The van der Waals surface area contributed by atoms with Gasteiger partial charge in [0, 0.05) is 6.04 Å². The molecular formula is C16H18N4. The van der Waals surface area contributed by atoms with Crippen molar-refractivity contribution in [3.8, 4) is 5.69 Å². The van der Waals surface area contributed by atoms with Gasteiger partial charge in [-0.1, -0.05) is 36.4 Å². The SMILES string of the molecule is CCNC(C)c1ccc(-n2nnc3ccccc32)cc1. The molecule has 0 amide bonds. The summed E-state index contributed by atoms with van der Waals surface area (Å²) >= 11 is 0. The zero-order valence-corrected chi connectivity index (χ0v) is 11.7. The maximum absolute atomic E-state index is 4.23. The molecule has 1 heterocycles. The molecule has 0 spiro atoms. The van der Waals surface area contributed by atoms with E-state index in [-0.39, 0.29) is 0 Å². The highest BCUT2D eigenvalue weighted by atomic mass is 15.4. The number of hydrogen-bond acceptors (Lipinski definition) is 3. The number of rotatable bonds is 4. The minimum Gasteiger partial charge on any atom is -0.310 e. The van der Waals surface area contributed by atoms with Gasteiger partial charge in [0.15, 0.2) is 0 Å². The molecule has 3 rings (SSSR count). The minimum atomic E-state index is 0.363. The van der Waals surface area contributed by atoms with E-state index in [1.165, 1.54) is 5.56 Å². The third kappa shape index (κ3) is 2.30. The number of nitrogens with zero attached hydrogens (tertiary/aromatic N) is 3. The average Bonchev–Trinajstić information content (AvgIpc) is 2.92. The quantitative estimate of drug-likeness (QED) is 0.789. The van der Waals surface area contributed by atoms with E-state index < -0.39 is 0 Å². The van der Waals surface area contributed by atoms with Crippen LogP contribution in [0.1, 0.15) is 25.5 Å². The lowest BCUT2D eigenvalue weighted by Crippen LogP contribution is -2.17. The highest BCUT2D eigenvalue weighted by Gasteiger charge is 2.07. The number of nitrogens with one attached hydrogen (secondary N) is 1. The van der Waals surface area contributed by atoms with Crippen LogP contribution < -0.4 is 5.32 Å². The van der Waals surface area contributed by atoms with Crippen LogP contribution in [0.25, 0.3) is 16.7 Å². The van der Waals surface area contributed by atoms with E-state index in [2.05, 4.69) is 53.7 Å². The Balaban J connectivity index is 1.95. The van der Waals surface area contributed by atoms with E-state index >= 15 is 0 Å². The van der Waals surface area contributed by atoms with Crippen LogP contribution in [0, 0.1) is 0 Å². The van der Waals surface area contributed by atoms with Gasteiger partial charge < -0.3 is 5.32 Å². The second kappa shape index (κ2) is 5.43. The van der Waals surface area contributed by atoms with E-state index in [9.17, 15) is 0 Å². The van der Waals surface area contributed by atoms with Gasteiger partial charge in [-0.15, -0.1) is 5.10 Å². The molecule has 1 N–H and O–H groups in total. The highest BCUT2D eigenvalue weighted by Crippen LogP contribution is 2.18. The van der Waals surface area contributed by atoms with Crippen LogP contribution in [0.3, 0.4) is 0 Å². The van der Waals surface area contributed by atoms with Crippen LogP contribution in [0.15, 0.2) is 48.5 Å². The summed E-state index contributed by atoms with van der Waals surface area (Å²) in [6, 6.07) is 16.8. The summed E-state index contributed by atoms with van der Waals surface area (Å²) in [5, 5.41) is 11.8. The van der Waals surface area contributed by atoms with Gasteiger partial charge in [-0.2, -0.15) is 0 Å². The Kier molecular flexibility index (Phi) is 3.48. The molecule has 4 nitrogen and oxygen atoms in total. The Bertz CT molecular complexity index is 700. The second-order valence-electron chi connectivity index (χ2n) is 4.86. The third-order valence-electron chi connectivity index (χ3n) is 3.50. The number of hydrogen-bond donors (Lipinski definition) is 1. The lowest BCUT2D eigenvalue weighted by Gasteiger charge is -2.13. The fourth-order valence-electron chi connectivity index (χ4n) is 2.39. The van der Waals surface area contributed by atoms with Crippen LogP contribution >= 0.6 is 0 Å². The van der Waals surface area contributed by atoms with Gasteiger partial charge in [0.1, 0.15) is 5.52 Å². The van der Waals surface area contributed by atoms with E-state index in [1.807, 2.05) is 28.9 Å². The molecule has 1 aromatic heterocycles. The van der Waals surface area contributed by atoms with Crippen LogP contribution in [0.2, 0.25) is 0 Å². The van der Waals surface area contributed by atoms with Crippen LogP contribution in [0.5, 0.6) is 0 Å². The fraction of sp³-hybridized carbons (Fsp3) is 0.250. The first-order valence-electron chi connectivity index (χ1n) is 6.93. The van der Waals surface area contributed by atoms with E-state index in [0.717, 1.165) is 23.3 Å². The first-order chi connectivity index (χ1) is 9.79. The van der Waals surface area contributed by atoms with Crippen molar-refractivity contribution in [2.75, 3.05) is 6.54 Å². The summed E-state index contributed by atoms with van der Waals surface area (Å²) < 4.78 is 1.87. The van der Waals surface area contributed by atoms with Gasteiger partial charge in [0.05, 0.1) is 11.2 Å². The maximum atomic E-state index is 4.23. The maximum Gasteiger partial charge on any atom is 0.113 e. The predicted octanol–water partition coefficient (Wildman–Crippen LogP) is 3.09. The molecule has 20 heavy (non-hydrogen) atoms. The van der Waals surface area contributed by atoms with Gasteiger partial charge in [0.2, 0.25) is 0 Å². The number of aromatic nitrogens is 3. The standard InChI is InChI=1S/C16H18N4/c1-3-17-12(2)13-8-10-14(11-9-13)20-16-7-5-4-6-15(16)18-19-20/h4-12,17H,3H2,1-2H3. The van der Waals surface area contributed by atoms with E-state index in [4.69, 9.17) is 0 Å². The largest absolute Gasteiger partial charge is 0.310 e. The van der Waals surface area contributed by atoms with Crippen molar-refractivity contribution < 1.29 is 0 Å². The zero-order valence-electron chi connectivity index (χ0n) is 11.7. The lowest BCUT2D eigenvalue weighted by molar-refractivity contribution is 0.598. The summed E-state index contributed by atoms with van der Waals surface area (Å²) in [5.41, 5.74) is 4.25. The first-order valence-corrected chi connectivity index (χ1v) is 6.93. The Labute approximate surface area is 118 Å². The summed E-state index contributed by atoms with van der Waals surface area (Å²) in [6.07, 6.45) is 0. The van der Waals surface area contributed by atoms with Crippen molar-refractivity contribution in [2.45, 2.75) is 19.9 Å². The number of benzene rings is 2. The van der Waals surface area contributed by atoms with Crippen LogP contribution in [-0.2, 0) is 0 Å². The molecule has 4 heteroatoms. The van der Waals surface area contributed by atoms with Crippen LogP contribution in [-0.4, -0.2) is 21.5 Å². The van der Waals surface area contributed by atoms with Gasteiger partial charge in [0.25, 0.3) is 0 Å². The van der Waals surface area contributed by atoms with Crippen LogP contribution in [0.4, 0.5) is 0 Å². The predicted molar refractivity (Wildman–Crippen MR) is 81.0 cm³/mol. The first kappa shape index (κ1) is 12.8. The van der Waals surface area contributed by atoms with Gasteiger partial charge >= 0.3 is 0 Å². The lowest BCUT2D eigenvalue weighted by atomic mass is 10.1. The molecule has 1 atom stereocenters. The van der Waals surface area contributed by atoms with E-state index in [0.29, 0.717) is 6.04 Å². The number of para-hydroxylation sites is 1. The van der Waals surface area contributed by atoms with E-state index in [1.54, 1.807) is 0 Å². The van der Waals surface area contributed by atoms with Crippen molar-refractivity contribution in [3.63, 3.8) is 0 Å². The topological polar surface area (TPSA) is 42.7 Å². The molecule has 0 fully saturated rings. The Morgan fingerprint density at radius 1 is 1.10 bits per heavy atom. The zero-order chi connectivity index (χ0) is 13.9. The molecule has 0 aliphatic heterocycles. The molecule has 0 bridgehead atoms. The molecule has 0 radical (unpaired) electrons. The molecule has 3 aromatic rings. The molecule has 0 saturated carbocycles. The van der Waals surface area contributed by atoms with Gasteiger partial charge in [-0.3, -0.25) is 0 Å². The van der Waals surface area contributed by atoms with Crippen molar-refractivity contribution in [1.29, 1.82) is 0 Å². The molecule has 102 valence electrons. The smallest absolute Gasteiger partial charge is 0.113 e. The Hall–Kier alpha value is -2.20. The number of fused-ring (bicyclic) bond motifs is 1. The summed E-state index contributed by atoms with van der Waals surface area (Å²) in [7, 11) is 0. The van der Waals surface area contributed by atoms with Crippen molar-refractivity contribution in [3.05, 3.63) is 54.1 Å². The normalized spacial score (nSPS) is 12.7. The molecule has 0 aliphatic carbocycles. The third-order valence-corrected chi connectivity index (χ3v) is 3.50. The van der Waals surface area contributed by atoms with Gasteiger partial charge in [-0.05, 0) is 43.3 Å². The van der Waals surface area contributed by atoms with Gasteiger partial charge in [-0.25, -0.2) is 4.68 Å². The molecular weight excluding hydrogens is 248 g/mol. The summed E-state index contributed by atoms with van der Waals surface area (Å²) in [4.78, 5) is 0. The molecule has 1 unspecified atom stereocenters. The van der Waals surface area contributed by atoms with Crippen molar-refractivity contribution in [1.82, 2.24) is 20.3 Å². The Morgan fingerprint density at radius 2 is 1.85 bits per heavy atom. The summed E-state index contributed by atoms with van der Waals surface area (Å²) in [5.74, 6) is 0. The van der Waals surface area contributed by atoms with Crippen molar-refractivity contribution in [2.24, 2.45) is 0 Å². The second-order valence-corrected chi connectivity index (χ2v) is 4.86. The van der Waals surface area contributed by atoms with Crippen molar-refractivity contribution >= 4 is 11.0 Å². The average molecular weight is 266 g/mol.